The van der Waals surface area contributed by atoms with Gasteiger partial charge in [-0.05, 0) is 42.5 Å². The number of rotatable bonds is 4. The second kappa shape index (κ2) is 6.69. The van der Waals surface area contributed by atoms with Crippen LogP contribution in [-0.2, 0) is 9.84 Å². The molecule has 0 aliphatic carbocycles. The lowest BCUT2D eigenvalue weighted by atomic mass is 10.3. The first kappa shape index (κ1) is 17.2. The average molecular weight is 377 g/mol. The molecule has 3 aromatic rings. The Morgan fingerprint density at radius 1 is 1.12 bits per heavy atom. The Labute approximate surface area is 148 Å². The minimum Gasteiger partial charge on any atom is -0.497 e. The van der Waals surface area contributed by atoms with Gasteiger partial charge in [0, 0.05) is 11.9 Å². The molecule has 130 valence electrons. The summed E-state index contributed by atoms with van der Waals surface area (Å²) in [5, 5.41) is 5.71. The lowest BCUT2D eigenvalue weighted by molar-refractivity contribution is 0.262. The molecule has 0 atom stereocenters. The van der Waals surface area contributed by atoms with Gasteiger partial charge in [0.15, 0.2) is 15.0 Å². The maximum Gasteiger partial charge on any atom is 0.325 e. The monoisotopic (exact) mass is 377 g/mol. The number of carbonyl (C=O) groups is 1. The van der Waals surface area contributed by atoms with E-state index in [0.29, 0.717) is 26.8 Å². The number of nitrogens with one attached hydrogen (secondary N) is 2. The van der Waals surface area contributed by atoms with Crippen molar-refractivity contribution in [3.05, 3.63) is 42.5 Å². The van der Waals surface area contributed by atoms with Crippen LogP contribution in [0.2, 0.25) is 0 Å². The molecule has 0 radical (unpaired) electrons. The number of methoxy groups -OCH3 is 1. The number of hydrogen-bond donors (Lipinski definition) is 2. The smallest absolute Gasteiger partial charge is 0.325 e. The Morgan fingerprint density at radius 2 is 1.84 bits per heavy atom. The number of hydrogen-bond acceptors (Lipinski definition) is 6. The molecule has 0 aliphatic heterocycles. The van der Waals surface area contributed by atoms with Gasteiger partial charge in [-0.25, -0.2) is 18.2 Å². The third-order valence-electron chi connectivity index (χ3n) is 3.36. The van der Waals surface area contributed by atoms with Crippen LogP contribution in [0.25, 0.3) is 10.2 Å². The predicted octanol–water partition coefficient (Wildman–Crippen LogP) is 3.35. The quantitative estimate of drug-likeness (QED) is 0.727. The Hall–Kier alpha value is -2.65. The molecule has 0 aliphatic rings. The highest BCUT2D eigenvalue weighted by Gasteiger charge is 2.12. The van der Waals surface area contributed by atoms with Crippen molar-refractivity contribution in [2.75, 3.05) is 24.0 Å². The fourth-order valence-electron chi connectivity index (χ4n) is 2.12. The lowest BCUT2D eigenvalue weighted by Crippen LogP contribution is -2.19. The first-order valence-electron chi connectivity index (χ1n) is 7.18. The molecule has 1 heterocycles. The molecule has 2 aromatic carbocycles. The number of aromatic nitrogens is 1. The van der Waals surface area contributed by atoms with Crippen molar-refractivity contribution in [3.63, 3.8) is 0 Å². The van der Waals surface area contributed by atoms with Crippen LogP contribution in [0.15, 0.2) is 47.4 Å². The maximum absolute atomic E-state index is 12.1. The van der Waals surface area contributed by atoms with Crippen LogP contribution in [0.3, 0.4) is 0 Å². The van der Waals surface area contributed by atoms with Gasteiger partial charge in [-0.2, -0.15) is 0 Å². The number of ether oxygens (including phenoxy) is 1. The average Bonchev–Trinajstić information content (AvgIpc) is 2.95. The molecule has 3 rings (SSSR count). The van der Waals surface area contributed by atoms with Gasteiger partial charge < -0.3 is 10.1 Å². The summed E-state index contributed by atoms with van der Waals surface area (Å²) in [4.78, 5) is 16.6. The molecule has 0 spiro atoms. The highest BCUT2D eigenvalue weighted by molar-refractivity contribution is 7.90. The number of nitrogens with zero attached hydrogens (tertiary/aromatic N) is 1. The Balaban J connectivity index is 1.74. The second-order valence-corrected chi connectivity index (χ2v) is 8.27. The van der Waals surface area contributed by atoms with Gasteiger partial charge in [-0.1, -0.05) is 11.3 Å². The Kier molecular flexibility index (Phi) is 4.60. The molecule has 0 unspecified atom stereocenters. The van der Waals surface area contributed by atoms with E-state index in [1.54, 1.807) is 43.5 Å². The lowest BCUT2D eigenvalue weighted by Gasteiger charge is -2.06. The zero-order valence-electron chi connectivity index (χ0n) is 13.4. The number of sulfone groups is 1. The van der Waals surface area contributed by atoms with E-state index in [1.165, 1.54) is 17.4 Å². The summed E-state index contributed by atoms with van der Waals surface area (Å²) in [5.41, 5.74) is 1.23. The van der Waals surface area contributed by atoms with E-state index in [4.69, 9.17) is 4.74 Å². The normalized spacial score (nSPS) is 11.3. The van der Waals surface area contributed by atoms with Crippen LogP contribution >= 0.6 is 11.3 Å². The molecular formula is C16H15N3O4S2. The van der Waals surface area contributed by atoms with Crippen molar-refractivity contribution >= 4 is 48.2 Å². The highest BCUT2D eigenvalue weighted by Crippen LogP contribution is 2.28. The Morgan fingerprint density at radius 3 is 2.48 bits per heavy atom. The van der Waals surface area contributed by atoms with Gasteiger partial charge in [-0.15, -0.1) is 0 Å². The summed E-state index contributed by atoms with van der Waals surface area (Å²) >= 11 is 1.21. The van der Waals surface area contributed by atoms with Gasteiger partial charge >= 0.3 is 6.03 Å². The van der Waals surface area contributed by atoms with E-state index in [9.17, 15) is 13.2 Å². The van der Waals surface area contributed by atoms with Crippen molar-refractivity contribution in [2.24, 2.45) is 0 Å². The second-order valence-electron chi connectivity index (χ2n) is 5.23. The van der Waals surface area contributed by atoms with Crippen LogP contribution in [-0.4, -0.2) is 32.8 Å². The number of amides is 2. The summed E-state index contributed by atoms with van der Waals surface area (Å²) in [6, 6.07) is 11.1. The number of fused-ring (bicyclic) bond motifs is 1. The minimum atomic E-state index is -3.29. The molecule has 0 saturated heterocycles. The molecule has 2 amide bonds. The van der Waals surface area contributed by atoms with Gasteiger partial charge in [0.25, 0.3) is 0 Å². The largest absolute Gasteiger partial charge is 0.497 e. The van der Waals surface area contributed by atoms with Crippen LogP contribution in [0.5, 0.6) is 5.75 Å². The first-order valence-corrected chi connectivity index (χ1v) is 9.88. The number of urea groups is 1. The highest BCUT2D eigenvalue weighted by atomic mass is 32.2. The Bertz CT molecular complexity index is 1030. The maximum atomic E-state index is 12.1. The van der Waals surface area contributed by atoms with Crippen LogP contribution < -0.4 is 15.4 Å². The first-order chi connectivity index (χ1) is 11.8. The number of benzene rings is 2. The molecule has 2 N–H and O–H groups in total. The van der Waals surface area contributed by atoms with E-state index in [1.807, 2.05) is 0 Å². The predicted molar refractivity (Wildman–Crippen MR) is 98.4 cm³/mol. The van der Waals surface area contributed by atoms with Gasteiger partial charge in [0.2, 0.25) is 0 Å². The van der Waals surface area contributed by atoms with Crippen LogP contribution in [0.4, 0.5) is 15.6 Å². The zero-order valence-corrected chi connectivity index (χ0v) is 15.1. The SMILES string of the molecule is COc1ccc(NC(=O)Nc2nc3ccc(S(C)(=O)=O)cc3s2)cc1. The number of anilines is 2. The van der Waals surface area contributed by atoms with Gasteiger partial charge in [-0.3, -0.25) is 5.32 Å². The van der Waals surface area contributed by atoms with Crippen molar-refractivity contribution in [1.29, 1.82) is 0 Å². The fourth-order valence-corrected chi connectivity index (χ4v) is 3.74. The summed E-state index contributed by atoms with van der Waals surface area (Å²) in [5.74, 6) is 0.693. The van der Waals surface area contributed by atoms with Crippen LogP contribution in [0.1, 0.15) is 0 Å². The molecule has 9 heteroatoms. The summed E-state index contributed by atoms with van der Waals surface area (Å²) in [6.45, 7) is 0. The van der Waals surface area contributed by atoms with Crippen molar-refractivity contribution < 1.29 is 17.9 Å². The van der Waals surface area contributed by atoms with E-state index in [0.717, 1.165) is 6.26 Å². The summed E-state index contributed by atoms with van der Waals surface area (Å²) in [6.07, 6.45) is 1.15. The van der Waals surface area contributed by atoms with E-state index in [2.05, 4.69) is 15.6 Å². The number of thiazole rings is 1. The molecule has 0 bridgehead atoms. The molecule has 25 heavy (non-hydrogen) atoms. The topological polar surface area (TPSA) is 97.4 Å². The third-order valence-corrected chi connectivity index (χ3v) is 5.40. The third kappa shape index (κ3) is 4.06. The van der Waals surface area contributed by atoms with E-state index < -0.39 is 15.9 Å². The van der Waals surface area contributed by atoms with Gasteiger partial charge in [0.05, 0.1) is 22.2 Å². The summed E-state index contributed by atoms with van der Waals surface area (Å²) < 4.78 is 29.0. The standard InChI is InChI=1S/C16H15N3O4S2/c1-23-11-5-3-10(4-6-11)17-15(20)19-16-18-13-8-7-12(25(2,21)22)9-14(13)24-16/h3-9H,1-2H3,(H2,17,18,19,20). The van der Waals surface area contributed by atoms with Crippen LogP contribution in [0, 0.1) is 0 Å². The molecule has 7 nitrogen and oxygen atoms in total. The molecule has 0 fully saturated rings. The molecule has 1 aromatic heterocycles. The van der Waals surface area contributed by atoms with Crippen molar-refractivity contribution in [1.82, 2.24) is 4.98 Å². The molecule has 0 saturated carbocycles. The molecular weight excluding hydrogens is 362 g/mol. The minimum absolute atomic E-state index is 0.220. The summed E-state index contributed by atoms with van der Waals surface area (Å²) in [7, 11) is -1.72. The fraction of sp³-hybridized carbons (Fsp3) is 0.125. The van der Waals surface area contributed by atoms with E-state index in [-0.39, 0.29) is 4.90 Å². The zero-order chi connectivity index (χ0) is 18.0. The number of carbonyl (C=O) groups excluding carboxylic acids is 1. The van der Waals surface area contributed by atoms with Crippen molar-refractivity contribution in [2.45, 2.75) is 4.90 Å². The van der Waals surface area contributed by atoms with Crippen molar-refractivity contribution in [3.8, 4) is 5.75 Å². The van der Waals surface area contributed by atoms with Gasteiger partial charge in [0.1, 0.15) is 5.75 Å². The van der Waals surface area contributed by atoms with E-state index >= 15 is 0 Å².